The van der Waals surface area contributed by atoms with E-state index in [1.54, 1.807) is 4.90 Å². The average Bonchev–Trinajstić information content (AvgIpc) is 2.36. The van der Waals surface area contributed by atoms with Gasteiger partial charge in [0.05, 0.1) is 12.4 Å². The molecule has 0 saturated carbocycles. The molecule has 2 N–H and O–H groups in total. The third kappa shape index (κ3) is 8.23. The first-order valence-corrected chi connectivity index (χ1v) is 9.29. The maximum Gasteiger partial charge on any atom is 0.317 e. The van der Waals surface area contributed by atoms with Crippen LogP contribution in [0.1, 0.15) is 33.1 Å². The summed E-state index contributed by atoms with van der Waals surface area (Å²) >= 11 is 0. The number of carbonyl (C=O) groups excluding carboxylic acids is 1. The number of hydrogen-bond acceptors (Lipinski definition) is 4. The van der Waals surface area contributed by atoms with Crippen LogP contribution in [-0.2, 0) is 14.8 Å². The van der Waals surface area contributed by atoms with Crippen LogP contribution in [-0.4, -0.2) is 64.0 Å². The Morgan fingerprint density at radius 1 is 1.43 bits per heavy atom. The summed E-state index contributed by atoms with van der Waals surface area (Å²) in [5.41, 5.74) is 0. The van der Waals surface area contributed by atoms with Crippen molar-refractivity contribution in [1.82, 2.24) is 14.9 Å². The number of ether oxygens (including phenoxy) is 1. The molecule has 1 saturated heterocycles. The standard InChI is InChI=1S/C13H27N3O4S/c1-11(2)20-9-5-7-14-13(17)16-8-4-6-12(10-16)15-21(3,18)19/h11-12,15H,4-10H2,1-3H3,(H,14,17)/t12-/m1/s1. The van der Waals surface area contributed by atoms with Gasteiger partial charge in [-0.25, -0.2) is 17.9 Å². The first kappa shape index (κ1) is 18.2. The van der Waals surface area contributed by atoms with Crippen molar-refractivity contribution < 1.29 is 17.9 Å². The van der Waals surface area contributed by atoms with E-state index in [-0.39, 0.29) is 18.2 Å². The van der Waals surface area contributed by atoms with Crippen molar-refractivity contribution in [1.29, 1.82) is 0 Å². The van der Waals surface area contributed by atoms with Crippen LogP contribution >= 0.6 is 0 Å². The molecule has 124 valence electrons. The number of piperidine rings is 1. The molecule has 0 aromatic rings. The van der Waals surface area contributed by atoms with Crippen LogP contribution in [0.3, 0.4) is 0 Å². The molecule has 1 rings (SSSR count). The van der Waals surface area contributed by atoms with Gasteiger partial charge in [0.15, 0.2) is 0 Å². The van der Waals surface area contributed by atoms with Crippen LogP contribution in [0.4, 0.5) is 4.79 Å². The SMILES string of the molecule is CC(C)OCCCNC(=O)N1CCC[C@@H](NS(C)(=O)=O)C1. The van der Waals surface area contributed by atoms with Crippen molar-refractivity contribution in [2.75, 3.05) is 32.5 Å². The predicted octanol–water partition coefficient (Wildman–Crippen LogP) is 0.525. The van der Waals surface area contributed by atoms with Crippen LogP contribution in [0.15, 0.2) is 0 Å². The summed E-state index contributed by atoms with van der Waals surface area (Å²) < 4.78 is 30.4. The number of amides is 2. The molecule has 1 atom stereocenters. The van der Waals surface area contributed by atoms with Gasteiger partial charge in [0.2, 0.25) is 10.0 Å². The van der Waals surface area contributed by atoms with Crippen LogP contribution in [0.2, 0.25) is 0 Å². The molecule has 0 aromatic heterocycles. The van der Waals surface area contributed by atoms with Crippen LogP contribution in [0.25, 0.3) is 0 Å². The highest BCUT2D eigenvalue weighted by Gasteiger charge is 2.25. The average molecular weight is 321 g/mol. The lowest BCUT2D eigenvalue weighted by molar-refractivity contribution is 0.0770. The van der Waals surface area contributed by atoms with E-state index in [0.29, 0.717) is 26.2 Å². The van der Waals surface area contributed by atoms with Gasteiger partial charge in [-0.05, 0) is 33.1 Å². The van der Waals surface area contributed by atoms with Crippen molar-refractivity contribution in [3.05, 3.63) is 0 Å². The normalized spacial score (nSPS) is 19.8. The van der Waals surface area contributed by atoms with Crippen molar-refractivity contribution in [2.24, 2.45) is 0 Å². The Balaban J connectivity index is 2.27. The second-order valence-corrected chi connectivity index (χ2v) is 7.46. The third-order valence-electron chi connectivity index (χ3n) is 3.14. The molecule has 1 aliphatic heterocycles. The number of nitrogens with zero attached hydrogens (tertiary/aromatic N) is 1. The number of carbonyl (C=O) groups is 1. The molecule has 8 heteroatoms. The molecule has 0 bridgehead atoms. The van der Waals surface area contributed by atoms with Gasteiger partial charge >= 0.3 is 6.03 Å². The first-order valence-electron chi connectivity index (χ1n) is 7.39. The lowest BCUT2D eigenvalue weighted by atomic mass is 10.1. The van der Waals surface area contributed by atoms with Gasteiger partial charge in [-0.3, -0.25) is 0 Å². The molecular weight excluding hydrogens is 294 g/mol. The Morgan fingerprint density at radius 3 is 2.76 bits per heavy atom. The summed E-state index contributed by atoms with van der Waals surface area (Å²) in [6.07, 6.45) is 3.67. The Kier molecular flexibility index (Phi) is 7.41. The topological polar surface area (TPSA) is 87.7 Å². The van der Waals surface area contributed by atoms with E-state index in [2.05, 4.69) is 10.0 Å². The Bertz CT molecular complexity index is 425. The monoisotopic (exact) mass is 321 g/mol. The molecule has 1 fully saturated rings. The smallest absolute Gasteiger partial charge is 0.317 e. The van der Waals surface area contributed by atoms with Gasteiger partial charge < -0.3 is 15.0 Å². The Labute approximate surface area is 127 Å². The molecule has 21 heavy (non-hydrogen) atoms. The zero-order chi connectivity index (χ0) is 15.9. The number of nitrogens with one attached hydrogen (secondary N) is 2. The second kappa shape index (κ2) is 8.55. The minimum atomic E-state index is -3.23. The molecule has 0 unspecified atom stereocenters. The highest BCUT2D eigenvalue weighted by molar-refractivity contribution is 7.88. The number of rotatable bonds is 7. The fraction of sp³-hybridized carbons (Fsp3) is 0.923. The molecule has 0 spiro atoms. The van der Waals surface area contributed by atoms with Crippen LogP contribution < -0.4 is 10.0 Å². The maximum atomic E-state index is 12.0. The second-order valence-electron chi connectivity index (χ2n) is 5.68. The zero-order valence-corrected chi connectivity index (χ0v) is 13.9. The maximum absolute atomic E-state index is 12.0. The Morgan fingerprint density at radius 2 is 2.14 bits per heavy atom. The van der Waals surface area contributed by atoms with E-state index in [1.165, 1.54) is 0 Å². The van der Waals surface area contributed by atoms with Gasteiger partial charge in [0.1, 0.15) is 0 Å². The minimum absolute atomic E-state index is 0.139. The summed E-state index contributed by atoms with van der Waals surface area (Å²) in [4.78, 5) is 13.7. The van der Waals surface area contributed by atoms with Crippen molar-refractivity contribution in [3.8, 4) is 0 Å². The summed E-state index contributed by atoms with van der Waals surface area (Å²) in [6, 6.07) is -0.330. The minimum Gasteiger partial charge on any atom is -0.379 e. The highest BCUT2D eigenvalue weighted by Crippen LogP contribution is 2.10. The molecule has 7 nitrogen and oxygen atoms in total. The summed E-state index contributed by atoms with van der Waals surface area (Å²) in [6.45, 7) is 6.21. The van der Waals surface area contributed by atoms with E-state index < -0.39 is 10.0 Å². The van der Waals surface area contributed by atoms with E-state index in [4.69, 9.17) is 4.74 Å². The van der Waals surface area contributed by atoms with E-state index >= 15 is 0 Å². The number of sulfonamides is 1. The third-order valence-corrected chi connectivity index (χ3v) is 3.90. The molecule has 0 radical (unpaired) electrons. The number of likely N-dealkylation sites (tertiary alicyclic amines) is 1. The predicted molar refractivity (Wildman–Crippen MR) is 81.7 cm³/mol. The number of urea groups is 1. The molecule has 2 amide bonds. The van der Waals surface area contributed by atoms with E-state index in [0.717, 1.165) is 25.5 Å². The van der Waals surface area contributed by atoms with Crippen LogP contribution in [0, 0.1) is 0 Å². The van der Waals surface area contributed by atoms with Gasteiger partial charge in [0, 0.05) is 32.3 Å². The van der Waals surface area contributed by atoms with Crippen molar-refractivity contribution in [2.45, 2.75) is 45.3 Å². The summed E-state index contributed by atoms with van der Waals surface area (Å²) in [5, 5.41) is 2.84. The molecule has 0 aliphatic carbocycles. The van der Waals surface area contributed by atoms with Crippen molar-refractivity contribution in [3.63, 3.8) is 0 Å². The Hall–Kier alpha value is -0.860. The summed E-state index contributed by atoms with van der Waals surface area (Å²) in [7, 11) is -3.23. The number of hydrogen-bond donors (Lipinski definition) is 2. The summed E-state index contributed by atoms with van der Waals surface area (Å²) in [5.74, 6) is 0. The molecular formula is C13H27N3O4S. The largest absolute Gasteiger partial charge is 0.379 e. The quantitative estimate of drug-likeness (QED) is 0.669. The first-order chi connectivity index (χ1) is 9.78. The van der Waals surface area contributed by atoms with E-state index in [1.807, 2.05) is 13.8 Å². The lowest BCUT2D eigenvalue weighted by Gasteiger charge is -2.32. The molecule has 0 aromatic carbocycles. The molecule has 1 aliphatic rings. The van der Waals surface area contributed by atoms with E-state index in [9.17, 15) is 13.2 Å². The fourth-order valence-corrected chi connectivity index (χ4v) is 3.06. The highest BCUT2D eigenvalue weighted by atomic mass is 32.2. The fourth-order valence-electron chi connectivity index (χ4n) is 2.26. The van der Waals surface area contributed by atoms with Gasteiger partial charge in [-0.2, -0.15) is 0 Å². The van der Waals surface area contributed by atoms with Gasteiger partial charge in [-0.15, -0.1) is 0 Å². The van der Waals surface area contributed by atoms with Crippen molar-refractivity contribution >= 4 is 16.1 Å². The van der Waals surface area contributed by atoms with Gasteiger partial charge in [0.25, 0.3) is 0 Å². The van der Waals surface area contributed by atoms with Crippen LogP contribution in [0.5, 0.6) is 0 Å². The van der Waals surface area contributed by atoms with Gasteiger partial charge in [-0.1, -0.05) is 0 Å². The molecule has 1 heterocycles. The lowest BCUT2D eigenvalue weighted by Crippen LogP contribution is -2.52. The zero-order valence-electron chi connectivity index (χ0n) is 13.1.